The summed E-state index contributed by atoms with van der Waals surface area (Å²) in [6.07, 6.45) is 2.48. The number of benzene rings is 2. The number of likely N-dealkylation sites (tertiary alicyclic amines) is 1. The third-order valence-corrected chi connectivity index (χ3v) is 5.89. The molecule has 1 aliphatic heterocycles. The molecule has 1 fully saturated rings. The topological polar surface area (TPSA) is 92.5 Å². The average Bonchev–Trinajstić information content (AvgIpc) is 3.14. The lowest BCUT2D eigenvalue weighted by Crippen LogP contribution is -2.24. The summed E-state index contributed by atoms with van der Waals surface area (Å²) in [5.74, 6) is 0. The van der Waals surface area contributed by atoms with Crippen LogP contribution in [0.5, 0.6) is 0 Å². The molecule has 0 unspecified atom stereocenters. The Balaban J connectivity index is 1.65. The Morgan fingerprint density at radius 1 is 1.00 bits per heavy atom. The van der Waals surface area contributed by atoms with Crippen LogP contribution in [0.4, 0.5) is 5.69 Å². The first kappa shape index (κ1) is 18.5. The van der Waals surface area contributed by atoms with Crippen LogP contribution in [-0.4, -0.2) is 31.3 Å². The van der Waals surface area contributed by atoms with Gasteiger partial charge in [-0.15, -0.1) is 0 Å². The molecule has 2 aromatic rings. The van der Waals surface area contributed by atoms with Crippen LogP contribution in [0.25, 0.3) is 0 Å². The molecule has 0 saturated carbocycles. The predicted octanol–water partition coefficient (Wildman–Crippen LogP) is 2.67. The zero-order valence-electron chi connectivity index (χ0n) is 14.3. The van der Waals surface area contributed by atoms with E-state index in [1.54, 1.807) is 0 Å². The predicted molar refractivity (Wildman–Crippen MR) is 98.1 cm³/mol. The second kappa shape index (κ2) is 7.94. The second-order valence-corrected chi connectivity index (χ2v) is 8.08. The van der Waals surface area contributed by atoms with Crippen molar-refractivity contribution >= 4 is 15.7 Å². The number of nitro groups is 1. The Morgan fingerprint density at radius 2 is 1.62 bits per heavy atom. The zero-order chi connectivity index (χ0) is 18.6. The molecule has 3 rings (SSSR count). The number of hydrogen-bond donors (Lipinski definition) is 1. The highest BCUT2D eigenvalue weighted by Gasteiger charge is 2.24. The Morgan fingerprint density at radius 3 is 2.27 bits per heavy atom. The highest BCUT2D eigenvalue weighted by molar-refractivity contribution is 7.89. The summed E-state index contributed by atoms with van der Waals surface area (Å²) in [7, 11) is -3.96. The summed E-state index contributed by atoms with van der Waals surface area (Å²) >= 11 is 0. The van der Waals surface area contributed by atoms with Gasteiger partial charge in [-0.1, -0.05) is 36.4 Å². The fourth-order valence-corrected chi connectivity index (χ4v) is 4.24. The van der Waals surface area contributed by atoms with Gasteiger partial charge in [-0.2, -0.15) is 0 Å². The maximum absolute atomic E-state index is 12.4. The van der Waals surface area contributed by atoms with E-state index in [1.165, 1.54) is 42.7 Å². The average molecular weight is 375 g/mol. The van der Waals surface area contributed by atoms with Crippen molar-refractivity contribution in [1.82, 2.24) is 9.62 Å². The lowest BCUT2D eigenvalue weighted by molar-refractivity contribution is -0.387. The van der Waals surface area contributed by atoms with E-state index in [0.29, 0.717) is 0 Å². The Bertz CT molecular complexity index is 876. The smallest absolute Gasteiger partial charge is 0.289 e. The molecule has 0 aromatic heterocycles. The van der Waals surface area contributed by atoms with E-state index in [1.807, 2.05) is 24.3 Å². The second-order valence-electron chi connectivity index (χ2n) is 6.35. The molecule has 0 amide bonds. The maximum Gasteiger partial charge on any atom is 0.289 e. The molecule has 1 heterocycles. The first-order chi connectivity index (χ1) is 12.5. The van der Waals surface area contributed by atoms with Crippen LogP contribution in [0.15, 0.2) is 53.4 Å². The quantitative estimate of drug-likeness (QED) is 0.593. The normalized spacial score (nSPS) is 15.2. The van der Waals surface area contributed by atoms with Crippen molar-refractivity contribution in [1.29, 1.82) is 0 Å². The summed E-state index contributed by atoms with van der Waals surface area (Å²) in [6, 6.07) is 13.1. The number of para-hydroxylation sites is 1. The van der Waals surface area contributed by atoms with Crippen molar-refractivity contribution in [3.05, 3.63) is 69.8 Å². The van der Waals surface area contributed by atoms with E-state index >= 15 is 0 Å². The van der Waals surface area contributed by atoms with Crippen molar-refractivity contribution in [3.63, 3.8) is 0 Å². The van der Waals surface area contributed by atoms with Crippen LogP contribution in [0.3, 0.4) is 0 Å². The van der Waals surface area contributed by atoms with Gasteiger partial charge in [0.1, 0.15) is 0 Å². The van der Waals surface area contributed by atoms with Crippen molar-refractivity contribution in [3.8, 4) is 0 Å². The van der Waals surface area contributed by atoms with E-state index in [-0.39, 0.29) is 11.4 Å². The Hall–Kier alpha value is -2.29. The lowest BCUT2D eigenvalue weighted by Gasteiger charge is -2.14. The number of hydrogen-bond acceptors (Lipinski definition) is 5. The van der Waals surface area contributed by atoms with Crippen LogP contribution in [0.2, 0.25) is 0 Å². The summed E-state index contributed by atoms with van der Waals surface area (Å²) in [5.41, 5.74) is 1.57. The summed E-state index contributed by atoms with van der Waals surface area (Å²) in [5, 5.41) is 11.0. The van der Waals surface area contributed by atoms with Gasteiger partial charge in [0.25, 0.3) is 5.69 Å². The SMILES string of the molecule is O=[N+]([O-])c1ccccc1S(=O)(=O)NCc1ccc(CN2CCCC2)cc1. The van der Waals surface area contributed by atoms with Crippen LogP contribution in [-0.2, 0) is 23.1 Å². The van der Waals surface area contributed by atoms with Gasteiger partial charge in [0, 0.05) is 19.2 Å². The molecule has 0 atom stereocenters. The molecular weight excluding hydrogens is 354 g/mol. The first-order valence-electron chi connectivity index (χ1n) is 8.49. The van der Waals surface area contributed by atoms with Gasteiger partial charge in [-0.25, -0.2) is 13.1 Å². The largest absolute Gasteiger partial charge is 0.299 e. The highest BCUT2D eigenvalue weighted by atomic mass is 32.2. The molecule has 0 radical (unpaired) electrons. The molecule has 0 aliphatic carbocycles. The molecule has 2 aromatic carbocycles. The van der Waals surface area contributed by atoms with E-state index in [9.17, 15) is 18.5 Å². The van der Waals surface area contributed by atoms with E-state index in [4.69, 9.17) is 0 Å². The molecule has 1 aliphatic rings. The minimum absolute atomic E-state index is 0.0817. The number of nitrogens with zero attached hydrogens (tertiary/aromatic N) is 2. The van der Waals surface area contributed by atoms with Gasteiger partial charge in [-0.3, -0.25) is 15.0 Å². The van der Waals surface area contributed by atoms with Gasteiger partial charge in [-0.05, 0) is 43.1 Å². The minimum atomic E-state index is -3.96. The Kier molecular flexibility index (Phi) is 5.65. The van der Waals surface area contributed by atoms with Crippen molar-refractivity contribution in [2.24, 2.45) is 0 Å². The highest BCUT2D eigenvalue weighted by Crippen LogP contribution is 2.23. The van der Waals surface area contributed by atoms with E-state index in [0.717, 1.165) is 25.2 Å². The zero-order valence-corrected chi connectivity index (χ0v) is 15.1. The van der Waals surface area contributed by atoms with Crippen LogP contribution >= 0.6 is 0 Å². The summed E-state index contributed by atoms with van der Waals surface area (Å²) in [4.78, 5) is 12.4. The number of rotatable bonds is 7. The molecule has 26 heavy (non-hydrogen) atoms. The number of sulfonamides is 1. The minimum Gasteiger partial charge on any atom is -0.299 e. The maximum atomic E-state index is 12.4. The Labute approximate surface area is 152 Å². The fraction of sp³-hybridized carbons (Fsp3) is 0.333. The van der Waals surface area contributed by atoms with Gasteiger partial charge in [0.2, 0.25) is 10.0 Å². The fourth-order valence-electron chi connectivity index (χ4n) is 3.05. The number of nitrogens with one attached hydrogen (secondary N) is 1. The summed E-state index contributed by atoms with van der Waals surface area (Å²) < 4.78 is 27.2. The number of nitro benzene ring substituents is 1. The molecular formula is C18H21N3O4S. The van der Waals surface area contributed by atoms with Crippen molar-refractivity contribution in [2.45, 2.75) is 30.8 Å². The van der Waals surface area contributed by atoms with Gasteiger partial charge < -0.3 is 0 Å². The van der Waals surface area contributed by atoms with E-state index < -0.39 is 20.6 Å². The molecule has 1 N–H and O–H groups in total. The van der Waals surface area contributed by atoms with Crippen LogP contribution in [0, 0.1) is 10.1 Å². The third-order valence-electron chi connectivity index (χ3n) is 4.45. The van der Waals surface area contributed by atoms with Crippen molar-refractivity contribution < 1.29 is 13.3 Å². The standard InChI is InChI=1S/C18H21N3O4S/c22-21(23)17-5-1-2-6-18(17)26(24,25)19-13-15-7-9-16(10-8-15)14-20-11-3-4-12-20/h1-2,5-10,19H,3-4,11-14H2. The lowest BCUT2D eigenvalue weighted by atomic mass is 10.1. The molecule has 0 bridgehead atoms. The molecule has 7 nitrogen and oxygen atoms in total. The van der Waals surface area contributed by atoms with E-state index in [2.05, 4.69) is 9.62 Å². The van der Waals surface area contributed by atoms with Crippen LogP contribution in [0.1, 0.15) is 24.0 Å². The molecule has 138 valence electrons. The van der Waals surface area contributed by atoms with Gasteiger partial charge >= 0.3 is 0 Å². The third kappa shape index (κ3) is 4.46. The monoisotopic (exact) mass is 375 g/mol. The summed E-state index contributed by atoms with van der Waals surface area (Å²) in [6.45, 7) is 3.23. The van der Waals surface area contributed by atoms with Crippen LogP contribution < -0.4 is 4.72 Å². The molecule has 1 saturated heterocycles. The van der Waals surface area contributed by atoms with Gasteiger partial charge in [0.05, 0.1) is 4.92 Å². The molecule has 8 heteroatoms. The van der Waals surface area contributed by atoms with Crippen molar-refractivity contribution in [2.75, 3.05) is 13.1 Å². The molecule has 0 spiro atoms. The van der Waals surface area contributed by atoms with Gasteiger partial charge in [0.15, 0.2) is 4.90 Å². The first-order valence-corrected chi connectivity index (χ1v) is 9.97.